The quantitative estimate of drug-likeness (QED) is 0.536. The molecule has 1 aliphatic rings. The minimum absolute atomic E-state index is 0.205. The summed E-state index contributed by atoms with van der Waals surface area (Å²) in [4.78, 5) is 50.8. The molecule has 0 radical (unpaired) electrons. The first-order chi connectivity index (χ1) is 14.4. The Hall–Kier alpha value is -4.20. The van der Waals surface area contributed by atoms with E-state index in [0.717, 1.165) is 4.90 Å². The van der Waals surface area contributed by atoms with E-state index < -0.39 is 17.8 Å². The van der Waals surface area contributed by atoms with Crippen LogP contribution < -0.4 is 15.0 Å². The van der Waals surface area contributed by atoms with E-state index in [1.54, 1.807) is 48.7 Å². The van der Waals surface area contributed by atoms with Crippen molar-refractivity contribution in [2.24, 2.45) is 0 Å². The van der Waals surface area contributed by atoms with Gasteiger partial charge in [-0.1, -0.05) is 24.3 Å². The zero-order valence-corrected chi connectivity index (χ0v) is 16.2. The van der Waals surface area contributed by atoms with Crippen molar-refractivity contribution in [3.8, 4) is 5.75 Å². The number of carbonyl (C=O) groups excluding carboxylic acids is 4. The van der Waals surface area contributed by atoms with Gasteiger partial charge in [-0.25, -0.2) is 9.69 Å². The second-order valence-corrected chi connectivity index (χ2v) is 6.65. The van der Waals surface area contributed by atoms with Crippen LogP contribution in [0.2, 0.25) is 0 Å². The van der Waals surface area contributed by atoms with Crippen LogP contribution in [-0.4, -0.2) is 35.4 Å². The lowest BCUT2D eigenvalue weighted by Gasteiger charge is -2.26. The van der Waals surface area contributed by atoms with Crippen LogP contribution in [0.15, 0.2) is 60.3 Å². The van der Waals surface area contributed by atoms with E-state index in [0.29, 0.717) is 22.2 Å². The summed E-state index contributed by atoms with van der Waals surface area (Å²) in [6, 6.07) is 12.7. The summed E-state index contributed by atoms with van der Waals surface area (Å²) in [5.74, 6) is -1.32. The molecule has 0 aliphatic carbocycles. The van der Waals surface area contributed by atoms with Crippen molar-refractivity contribution >= 4 is 46.4 Å². The van der Waals surface area contributed by atoms with E-state index in [4.69, 9.17) is 4.74 Å². The predicted octanol–water partition coefficient (Wildman–Crippen LogP) is 2.98. The highest BCUT2D eigenvalue weighted by Crippen LogP contribution is 2.28. The van der Waals surface area contributed by atoms with Gasteiger partial charge in [-0.05, 0) is 24.3 Å². The van der Waals surface area contributed by atoms with Crippen molar-refractivity contribution in [3.05, 3.63) is 65.9 Å². The van der Waals surface area contributed by atoms with Crippen molar-refractivity contribution in [3.63, 3.8) is 0 Å². The summed E-state index contributed by atoms with van der Waals surface area (Å²) < 4.78 is 6.59. The summed E-state index contributed by atoms with van der Waals surface area (Å²) >= 11 is 0. The summed E-state index contributed by atoms with van der Waals surface area (Å²) in [6.07, 6.45) is 2.95. The van der Waals surface area contributed by atoms with Crippen molar-refractivity contribution < 1.29 is 23.9 Å². The Morgan fingerprint density at radius 2 is 1.83 bits per heavy atom. The van der Waals surface area contributed by atoms with E-state index in [2.05, 4.69) is 5.32 Å². The molecule has 0 saturated carbocycles. The Morgan fingerprint density at radius 1 is 1.07 bits per heavy atom. The van der Waals surface area contributed by atoms with Gasteiger partial charge in [0.25, 0.3) is 11.8 Å². The Balaban J connectivity index is 1.82. The molecule has 0 atom stereocenters. The fourth-order valence-corrected chi connectivity index (χ4v) is 3.38. The molecule has 8 heteroatoms. The molecule has 1 fully saturated rings. The van der Waals surface area contributed by atoms with E-state index in [1.165, 1.54) is 30.7 Å². The number of rotatable bonds is 3. The van der Waals surface area contributed by atoms with Gasteiger partial charge in [-0.3, -0.25) is 24.3 Å². The number of ether oxygens (including phenoxy) is 1. The number of para-hydroxylation sites is 1. The van der Waals surface area contributed by atoms with E-state index in [1.807, 2.05) is 0 Å². The lowest BCUT2D eigenvalue weighted by molar-refractivity contribution is -0.122. The average molecular weight is 403 g/mol. The molecular weight excluding hydrogens is 386 g/mol. The number of amides is 4. The van der Waals surface area contributed by atoms with Gasteiger partial charge in [-0.15, -0.1) is 0 Å². The van der Waals surface area contributed by atoms with Crippen LogP contribution in [0.1, 0.15) is 17.3 Å². The fourth-order valence-electron chi connectivity index (χ4n) is 3.38. The monoisotopic (exact) mass is 403 g/mol. The fraction of sp³-hybridized carbons (Fsp3) is 0.0909. The van der Waals surface area contributed by atoms with Gasteiger partial charge in [0.2, 0.25) is 5.91 Å². The van der Waals surface area contributed by atoms with Gasteiger partial charge in [-0.2, -0.15) is 0 Å². The van der Waals surface area contributed by atoms with Crippen LogP contribution in [0.5, 0.6) is 5.75 Å². The normalized spacial score (nSPS) is 15.6. The number of fused-ring (bicyclic) bond motifs is 1. The summed E-state index contributed by atoms with van der Waals surface area (Å²) in [6.45, 7) is 1.42. The first-order valence-corrected chi connectivity index (χ1v) is 9.07. The average Bonchev–Trinajstić information content (AvgIpc) is 3.10. The Bertz CT molecular complexity index is 1250. The minimum Gasteiger partial charge on any atom is -0.497 e. The smallest absolute Gasteiger partial charge is 0.335 e. The number of carbonyl (C=O) groups is 4. The highest BCUT2D eigenvalue weighted by molar-refractivity contribution is 6.39. The summed E-state index contributed by atoms with van der Waals surface area (Å²) in [7, 11) is 1.47. The number of benzene rings is 2. The molecule has 2 aromatic carbocycles. The molecular formula is C22H17N3O5. The van der Waals surface area contributed by atoms with E-state index in [9.17, 15) is 19.2 Å². The van der Waals surface area contributed by atoms with Crippen molar-refractivity contribution in [1.29, 1.82) is 0 Å². The largest absolute Gasteiger partial charge is 0.497 e. The van der Waals surface area contributed by atoms with Crippen molar-refractivity contribution in [1.82, 2.24) is 9.88 Å². The third kappa shape index (κ3) is 3.14. The van der Waals surface area contributed by atoms with Gasteiger partial charge in [0, 0.05) is 30.1 Å². The zero-order chi connectivity index (χ0) is 21.4. The molecule has 1 saturated heterocycles. The SMILES string of the molecule is COc1cccc(N2C(=O)NC(=O)C(=Cc3cn(C(C)=O)c4ccccc34)C2=O)c1. The van der Waals surface area contributed by atoms with Crippen LogP contribution in [0.3, 0.4) is 0 Å². The highest BCUT2D eigenvalue weighted by atomic mass is 16.5. The lowest BCUT2D eigenvalue weighted by Crippen LogP contribution is -2.54. The van der Waals surface area contributed by atoms with Gasteiger partial charge in [0.15, 0.2) is 0 Å². The number of aromatic nitrogens is 1. The minimum atomic E-state index is -0.846. The van der Waals surface area contributed by atoms with Crippen LogP contribution in [0, 0.1) is 0 Å². The molecule has 150 valence electrons. The van der Waals surface area contributed by atoms with E-state index in [-0.39, 0.29) is 17.2 Å². The molecule has 3 aromatic rings. The molecule has 1 N–H and O–H groups in total. The number of barbiturate groups is 1. The number of hydrogen-bond acceptors (Lipinski definition) is 5. The zero-order valence-electron chi connectivity index (χ0n) is 16.2. The van der Waals surface area contributed by atoms with Crippen LogP contribution >= 0.6 is 0 Å². The highest BCUT2D eigenvalue weighted by Gasteiger charge is 2.37. The number of imide groups is 2. The lowest BCUT2D eigenvalue weighted by atomic mass is 10.1. The molecule has 0 spiro atoms. The standard InChI is InChI=1S/C22H17N3O5/c1-13(26)24-12-14(17-8-3-4-9-19(17)24)10-18-20(27)23-22(29)25(21(18)28)15-6-5-7-16(11-15)30-2/h3-12H,1-2H3,(H,23,27,29). The molecule has 30 heavy (non-hydrogen) atoms. The number of anilines is 1. The molecule has 8 nitrogen and oxygen atoms in total. The van der Waals surface area contributed by atoms with Gasteiger partial charge in [0.05, 0.1) is 18.3 Å². The molecule has 1 aliphatic heterocycles. The van der Waals surface area contributed by atoms with Crippen LogP contribution in [0.25, 0.3) is 17.0 Å². The maximum Gasteiger partial charge on any atom is 0.335 e. The van der Waals surface area contributed by atoms with Crippen LogP contribution in [-0.2, 0) is 9.59 Å². The van der Waals surface area contributed by atoms with Gasteiger partial charge < -0.3 is 4.74 Å². The second-order valence-electron chi connectivity index (χ2n) is 6.65. The molecule has 0 bridgehead atoms. The molecule has 2 heterocycles. The number of urea groups is 1. The van der Waals surface area contributed by atoms with E-state index >= 15 is 0 Å². The predicted molar refractivity (Wildman–Crippen MR) is 110 cm³/mol. The Morgan fingerprint density at radius 3 is 2.57 bits per heavy atom. The van der Waals surface area contributed by atoms with Gasteiger partial charge in [0.1, 0.15) is 11.3 Å². The summed E-state index contributed by atoms with van der Waals surface area (Å²) in [5.41, 5.74) is 1.21. The summed E-state index contributed by atoms with van der Waals surface area (Å²) in [5, 5.41) is 2.89. The third-order valence-electron chi connectivity index (χ3n) is 4.80. The number of hydrogen-bond donors (Lipinski definition) is 1. The molecule has 0 unspecified atom stereocenters. The first-order valence-electron chi connectivity index (χ1n) is 9.07. The molecule has 1 aromatic heterocycles. The third-order valence-corrected chi connectivity index (χ3v) is 4.80. The van der Waals surface area contributed by atoms with Crippen LogP contribution in [0.4, 0.5) is 10.5 Å². The number of methoxy groups -OCH3 is 1. The molecule has 4 amide bonds. The first kappa shape index (κ1) is 19.1. The van der Waals surface area contributed by atoms with Gasteiger partial charge >= 0.3 is 6.03 Å². The maximum absolute atomic E-state index is 13.1. The number of nitrogens with zero attached hydrogens (tertiary/aromatic N) is 2. The van der Waals surface area contributed by atoms with Crippen molar-refractivity contribution in [2.45, 2.75) is 6.92 Å². The second kappa shape index (κ2) is 7.32. The topological polar surface area (TPSA) is 97.7 Å². The number of nitrogens with one attached hydrogen (secondary N) is 1. The van der Waals surface area contributed by atoms with Crippen molar-refractivity contribution in [2.75, 3.05) is 12.0 Å². The Kier molecular flexibility index (Phi) is 4.67. The molecule has 4 rings (SSSR count). The maximum atomic E-state index is 13.1. The Labute approximate surface area is 171 Å².